The van der Waals surface area contributed by atoms with Gasteiger partial charge in [-0.3, -0.25) is 0 Å². The van der Waals surface area contributed by atoms with Crippen molar-refractivity contribution >= 4 is 0 Å². The highest BCUT2D eigenvalue weighted by atomic mass is 16.5. The molecule has 19 heavy (non-hydrogen) atoms. The van der Waals surface area contributed by atoms with Crippen molar-refractivity contribution in [1.82, 2.24) is 5.32 Å². The van der Waals surface area contributed by atoms with Crippen LogP contribution in [0.1, 0.15) is 22.3 Å². The van der Waals surface area contributed by atoms with Crippen LogP contribution in [0.3, 0.4) is 0 Å². The molecule has 0 amide bonds. The van der Waals surface area contributed by atoms with Crippen molar-refractivity contribution in [2.45, 2.75) is 26.9 Å². The molecule has 0 unspecified atom stereocenters. The molecule has 0 radical (unpaired) electrons. The van der Waals surface area contributed by atoms with Crippen LogP contribution in [0.15, 0.2) is 42.5 Å². The Balaban J connectivity index is 1.98. The number of hydrogen-bond donors (Lipinski definition) is 1. The Hall–Kier alpha value is -1.80. The molecule has 0 aliphatic carbocycles. The zero-order valence-electron chi connectivity index (χ0n) is 11.9. The van der Waals surface area contributed by atoms with E-state index in [1.54, 1.807) is 7.11 Å². The van der Waals surface area contributed by atoms with E-state index >= 15 is 0 Å². The molecule has 0 aliphatic rings. The molecule has 2 aromatic carbocycles. The summed E-state index contributed by atoms with van der Waals surface area (Å²) >= 11 is 0. The fraction of sp³-hybridized carbons (Fsp3) is 0.294. The first-order valence-electron chi connectivity index (χ1n) is 6.59. The van der Waals surface area contributed by atoms with E-state index in [4.69, 9.17) is 4.74 Å². The van der Waals surface area contributed by atoms with Crippen molar-refractivity contribution in [3.8, 4) is 5.75 Å². The van der Waals surface area contributed by atoms with Gasteiger partial charge in [0.25, 0.3) is 0 Å². The molecule has 0 aromatic heterocycles. The summed E-state index contributed by atoms with van der Waals surface area (Å²) in [6, 6.07) is 14.8. The number of benzene rings is 2. The fourth-order valence-electron chi connectivity index (χ4n) is 2.20. The van der Waals surface area contributed by atoms with Gasteiger partial charge in [-0.25, -0.2) is 0 Å². The molecule has 2 rings (SSSR count). The lowest BCUT2D eigenvalue weighted by Gasteiger charge is -2.12. The van der Waals surface area contributed by atoms with Gasteiger partial charge in [-0.15, -0.1) is 0 Å². The number of rotatable bonds is 5. The average molecular weight is 255 g/mol. The minimum atomic E-state index is 0.881. The molecule has 2 nitrogen and oxygen atoms in total. The SMILES string of the molecule is COc1cc(C)c(CNCc2ccccc2)cc1C. The molecule has 0 bridgehead atoms. The van der Waals surface area contributed by atoms with Crippen molar-refractivity contribution in [3.63, 3.8) is 0 Å². The lowest BCUT2D eigenvalue weighted by atomic mass is 10.0. The maximum absolute atomic E-state index is 5.33. The second-order valence-electron chi connectivity index (χ2n) is 4.84. The van der Waals surface area contributed by atoms with Crippen LogP contribution in [-0.4, -0.2) is 7.11 Å². The third-order valence-electron chi connectivity index (χ3n) is 3.34. The third-order valence-corrected chi connectivity index (χ3v) is 3.34. The van der Waals surface area contributed by atoms with E-state index in [1.165, 1.54) is 22.3 Å². The first-order chi connectivity index (χ1) is 9.20. The van der Waals surface area contributed by atoms with Gasteiger partial charge in [0.1, 0.15) is 5.75 Å². The van der Waals surface area contributed by atoms with E-state index in [0.717, 1.165) is 18.8 Å². The van der Waals surface area contributed by atoms with Crippen LogP contribution in [0, 0.1) is 13.8 Å². The number of nitrogens with one attached hydrogen (secondary N) is 1. The number of aryl methyl sites for hydroxylation is 2. The Bertz CT molecular complexity index is 534. The van der Waals surface area contributed by atoms with Gasteiger partial charge >= 0.3 is 0 Å². The molecule has 0 fully saturated rings. The molecule has 100 valence electrons. The number of ether oxygens (including phenoxy) is 1. The van der Waals surface area contributed by atoms with Gasteiger partial charge in [-0.1, -0.05) is 36.4 Å². The summed E-state index contributed by atoms with van der Waals surface area (Å²) in [4.78, 5) is 0. The molecule has 0 saturated carbocycles. The molecule has 1 N–H and O–H groups in total. The Morgan fingerprint density at radius 1 is 0.947 bits per heavy atom. The topological polar surface area (TPSA) is 21.3 Å². The zero-order chi connectivity index (χ0) is 13.7. The minimum Gasteiger partial charge on any atom is -0.496 e. The molecule has 0 atom stereocenters. The summed E-state index contributed by atoms with van der Waals surface area (Å²) in [6.45, 7) is 5.98. The summed E-state index contributed by atoms with van der Waals surface area (Å²) in [5, 5.41) is 3.48. The van der Waals surface area contributed by atoms with Gasteiger partial charge in [-0.05, 0) is 42.2 Å². The first-order valence-corrected chi connectivity index (χ1v) is 6.59. The number of hydrogen-bond acceptors (Lipinski definition) is 2. The second-order valence-corrected chi connectivity index (χ2v) is 4.84. The van der Waals surface area contributed by atoms with Crippen molar-refractivity contribution in [1.29, 1.82) is 0 Å². The van der Waals surface area contributed by atoms with Gasteiger partial charge < -0.3 is 10.1 Å². The van der Waals surface area contributed by atoms with E-state index in [9.17, 15) is 0 Å². The van der Waals surface area contributed by atoms with E-state index in [2.05, 4.69) is 55.6 Å². The van der Waals surface area contributed by atoms with Crippen LogP contribution >= 0.6 is 0 Å². The smallest absolute Gasteiger partial charge is 0.122 e. The van der Waals surface area contributed by atoms with Gasteiger partial charge in [0.05, 0.1) is 7.11 Å². The van der Waals surface area contributed by atoms with Gasteiger partial charge in [0, 0.05) is 13.1 Å². The molecule has 0 heterocycles. The molecule has 0 aliphatic heterocycles. The summed E-state index contributed by atoms with van der Waals surface area (Å²) in [5.41, 5.74) is 5.09. The first kappa shape index (κ1) is 13.6. The van der Waals surface area contributed by atoms with Crippen LogP contribution in [0.4, 0.5) is 0 Å². The molecule has 2 aromatic rings. The maximum Gasteiger partial charge on any atom is 0.122 e. The molecular weight excluding hydrogens is 234 g/mol. The van der Waals surface area contributed by atoms with Crippen LogP contribution in [0.5, 0.6) is 5.75 Å². The van der Waals surface area contributed by atoms with E-state index in [1.807, 2.05) is 6.07 Å². The largest absolute Gasteiger partial charge is 0.496 e. The summed E-state index contributed by atoms with van der Waals surface area (Å²) in [5.74, 6) is 0.962. The lowest BCUT2D eigenvalue weighted by Crippen LogP contribution is -2.13. The monoisotopic (exact) mass is 255 g/mol. The van der Waals surface area contributed by atoms with Gasteiger partial charge in [0.15, 0.2) is 0 Å². The second kappa shape index (κ2) is 6.39. The Morgan fingerprint density at radius 3 is 2.37 bits per heavy atom. The third kappa shape index (κ3) is 3.58. The summed E-state index contributed by atoms with van der Waals surface area (Å²) < 4.78 is 5.33. The fourth-order valence-corrected chi connectivity index (χ4v) is 2.20. The molecule has 0 spiro atoms. The highest BCUT2D eigenvalue weighted by Gasteiger charge is 2.04. The predicted octanol–water partition coefficient (Wildman–Crippen LogP) is 3.60. The predicted molar refractivity (Wildman–Crippen MR) is 79.5 cm³/mol. The standard InChI is InChI=1S/C17H21NO/c1-13-10-17(19-3)14(2)9-16(13)12-18-11-15-7-5-4-6-8-15/h4-10,18H,11-12H2,1-3H3. The van der Waals surface area contributed by atoms with Crippen LogP contribution in [0.2, 0.25) is 0 Å². The van der Waals surface area contributed by atoms with Crippen molar-refractivity contribution < 1.29 is 4.74 Å². The number of methoxy groups -OCH3 is 1. The zero-order valence-corrected chi connectivity index (χ0v) is 11.9. The van der Waals surface area contributed by atoms with E-state index in [-0.39, 0.29) is 0 Å². The van der Waals surface area contributed by atoms with E-state index < -0.39 is 0 Å². The minimum absolute atomic E-state index is 0.881. The highest BCUT2D eigenvalue weighted by molar-refractivity contribution is 5.41. The molecule has 0 saturated heterocycles. The van der Waals surface area contributed by atoms with Gasteiger partial charge in [-0.2, -0.15) is 0 Å². The quantitative estimate of drug-likeness (QED) is 0.881. The van der Waals surface area contributed by atoms with Crippen molar-refractivity contribution in [2.75, 3.05) is 7.11 Å². The highest BCUT2D eigenvalue weighted by Crippen LogP contribution is 2.22. The molecular formula is C17H21NO. The van der Waals surface area contributed by atoms with Crippen LogP contribution < -0.4 is 10.1 Å². The normalized spacial score (nSPS) is 10.5. The lowest BCUT2D eigenvalue weighted by molar-refractivity contribution is 0.411. The van der Waals surface area contributed by atoms with Crippen molar-refractivity contribution in [2.24, 2.45) is 0 Å². The van der Waals surface area contributed by atoms with E-state index in [0.29, 0.717) is 0 Å². The van der Waals surface area contributed by atoms with Crippen molar-refractivity contribution in [3.05, 3.63) is 64.7 Å². The maximum atomic E-state index is 5.33. The van der Waals surface area contributed by atoms with Crippen LogP contribution in [-0.2, 0) is 13.1 Å². The Labute approximate surface area is 115 Å². The Kier molecular flexibility index (Phi) is 4.58. The Morgan fingerprint density at radius 2 is 1.68 bits per heavy atom. The average Bonchev–Trinajstić information content (AvgIpc) is 2.43. The van der Waals surface area contributed by atoms with Crippen LogP contribution in [0.25, 0.3) is 0 Å². The summed E-state index contributed by atoms with van der Waals surface area (Å²) in [7, 11) is 1.72. The van der Waals surface area contributed by atoms with Gasteiger partial charge in [0.2, 0.25) is 0 Å². The molecule has 2 heteroatoms. The summed E-state index contributed by atoms with van der Waals surface area (Å²) in [6.07, 6.45) is 0.